The van der Waals surface area contributed by atoms with E-state index in [9.17, 15) is 4.79 Å². The standard InChI is InChI=1S/C18H27NO3/c1-5-9-14(2)12-15(3)10-7-6-8-11-17-19-16(13-22-17)18(20)21-4/h5-7,9,12,14,16H,8,10-11,13H2,1-4H3/b7-6+,9-5+,15-12-/t14-,16?/m0/s1. The predicted molar refractivity (Wildman–Crippen MR) is 89.9 cm³/mol. The molecular weight excluding hydrogens is 278 g/mol. The van der Waals surface area contributed by atoms with Crippen molar-refractivity contribution in [3.05, 3.63) is 36.0 Å². The maximum absolute atomic E-state index is 11.3. The molecule has 0 aromatic heterocycles. The lowest BCUT2D eigenvalue weighted by molar-refractivity contribution is -0.142. The lowest BCUT2D eigenvalue weighted by Crippen LogP contribution is -2.21. The molecule has 0 saturated heterocycles. The van der Waals surface area contributed by atoms with Crippen LogP contribution in [0.3, 0.4) is 0 Å². The SMILES string of the molecule is C/C=C/[C@H](C)/C=C(/C)C/C=C/CCC1=NC(C(=O)OC)CO1. The highest BCUT2D eigenvalue weighted by atomic mass is 16.5. The highest BCUT2D eigenvalue weighted by Gasteiger charge is 2.25. The summed E-state index contributed by atoms with van der Waals surface area (Å²) in [5.41, 5.74) is 1.36. The number of ether oxygens (including phenoxy) is 2. The number of nitrogens with zero attached hydrogens (tertiary/aromatic N) is 1. The molecule has 0 bridgehead atoms. The second-order valence-electron chi connectivity index (χ2n) is 5.48. The Balaban J connectivity index is 2.29. The van der Waals surface area contributed by atoms with Gasteiger partial charge in [0, 0.05) is 6.42 Å². The van der Waals surface area contributed by atoms with Crippen molar-refractivity contribution in [3.63, 3.8) is 0 Å². The summed E-state index contributed by atoms with van der Waals surface area (Å²) < 4.78 is 10.0. The fourth-order valence-electron chi connectivity index (χ4n) is 2.29. The number of aliphatic imine (C=N–C) groups is 1. The number of hydrogen-bond donors (Lipinski definition) is 0. The number of esters is 1. The van der Waals surface area contributed by atoms with Gasteiger partial charge in [-0.05, 0) is 32.6 Å². The third-order valence-corrected chi connectivity index (χ3v) is 3.36. The molecular formula is C18H27NO3. The maximum atomic E-state index is 11.3. The van der Waals surface area contributed by atoms with Gasteiger partial charge in [-0.25, -0.2) is 9.79 Å². The summed E-state index contributed by atoms with van der Waals surface area (Å²) in [6.45, 7) is 6.67. The van der Waals surface area contributed by atoms with Crippen molar-refractivity contribution in [1.82, 2.24) is 0 Å². The molecule has 1 aliphatic rings. The van der Waals surface area contributed by atoms with Crippen LogP contribution in [0.2, 0.25) is 0 Å². The van der Waals surface area contributed by atoms with Gasteiger partial charge in [-0.1, -0.05) is 42.9 Å². The van der Waals surface area contributed by atoms with Gasteiger partial charge >= 0.3 is 5.97 Å². The van der Waals surface area contributed by atoms with Crippen LogP contribution in [0.4, 0.5) is 0 Å². The van der Waals surface area contributed by atoms with Crippen LogP contribution in [0.15, 0.2) is 40.9 Å². The number of carbonyl (C=O) groups is 1. The molecule has 1 heterocycles. The molecule has 1 unspecified atom stereocenters. The van der Waals surface area contributed by atoms with Gasteiger partial charge in [0.1, 0.15) is 6.61 Å². The predicted octanol–water partition coefficient (Wildman–Crippen LogP) is 3.84. The number of hydrogen-bond acceptors (Lipinski definition) is 4. The Hall–Kier alpha value is -1.84. The zero-order valence-corrected chi connectivity index (χ0v) is 14.0. The van der Waals surface area contributed by atoms with Crippen LogP contribution in [-0.4, -0.2) is 31.6 Å². The summed E-state index contributed by atoms with van der Waals surface area (Å²) in [7, 11) is 1.37. The molecule has 0 spiro atoms. The van der Waals surface area contributed by atoms with Crippen LogP contribution in [0, 0.1) is 5.92 Å². The van der Waals surface area contributed by atoms with Crippen molar-refractivity contribution in [2.75, 3.05) is 13.7 Å². The minimum absolute atomic E-state index is 0.302. The Bertz CT molecular complexity index is 475. The van der Waals surface area contributed by atoms with Crippen LogP contribution in [-0.2, 0) is 14.3 Å². The van der Waals surface area contributed by atoms with Crippen LogP contribution in [0.5, 0.6) is 0 Å². The minimum atomic E-state index is -0.484. The molecule has 22 heavy (non-hydrogen) atoms. The van der Waals surface area contributed by atoms with Crippen LogP contribution >= 0.6 is 0 Å². The maximum Gasteiger partial charge on any atom is 0.334 e. The average molecular weight is 305 g/mol. The second-order valence-corrected chi connectivity index (χ2v) is 5.48. The highest BCUT2D eigenvalue weighted by Crippen LogP contribution is 2.12. The molecule has 1 aliphatic heterocycles. The van der Waals surface area contributed by atoms with E-state index in [4.69, 9.17) is 4.74 Å². The largest absolute Gasteiger partial charge is 0.478 e. The number of carbonyl (C=O) groups excluding carboxylic acids is 1. The van der Waals surface area contributed by atoms with Gasteiger partial charge < -0.3 is 9.47 Å². The zero-order valence-electron chi connectivity index (χ0n) is 14.0. The molecule has 0 saturated carbocycles. The summed E-state index contributed by atoms with van der Waals surface area (Å²) in [5.74, 6) is 0.797. The van der Waals surface area contributed by atoms with Crippen molar-refractivity contribution in [3.8, 4) is 0 Å². The van der Waals surface area contributed by atoms with E-state index in [2.05, 4.69) is 54.0 Å². The van der Waals surface area contributed by atoms with Crippen molar-refractivity contribution in [2.45, 2.75) is 46.1 Å². The van der Waals surface area contributed by atoms with E-state index in [0.717, 1.165) is 19.3 Å². The minimum Gasteiger partial charge on any atom is -0.478 e. The number of rotatable bonds is 8. The molecule has 0 aromatic rings. The summed E-state index contributed by atoms with van der Waals surface area (Å²) in [6, 6.07) is -0.484. The Kier molecular flexibility index (Phi) is 8.26. The molecule has 1 rings (SSSR count). The summed E-state index contributed by atoms with van der Waals surface area (Å²) in [5, 5.41) is 0. The molecule has 0 fully saturated rings. The van der Waals surface area contributed by atoms with Crippen LogP contribution in [0.25, 0.3) is 0 Å². The Labute approximate surface area is 133 Å². The molecule has 0 amide bonds. The normalized spacial score (nSPS) is 20.3. The zero-order chi connectivity index (χ0) is 16.4. The molecule has 2 atom stereocenters. The fourth-order valence-corrected chi connectivity index (χ4v) is 2.29. The Morgan fingerprint density at radius 3 is 2.95 bits per heavy atom. The first-order valence-corrected chi connectivity index (χ1v) is 7.79. The summed E-state index contributed by atoms with van der Waals surface area (Å²) in [6.07, 6.45) is 13.4. The van der Waals surface area contributed by atoms with E-state index >= 15 is 0 Å². The molecule has 122 valence electrons. The first-order valence-electron chi connectivity index (χ1n) is 7.79. The van der Waals surface area contributed by atoms with Crippen molar-refractivity contribution < 1.29 is 14.3 Å². The van der Waals surface area contributed by atoms with Gasteiger partial charge in [-0.3, -0.25) is 0 Å². The van der Waals surface area contributed by atoms with E-state index in [1.165, 1.54) is 12.7 Å². The topological polar surface area (TPSA) is 47.9 Å². The quantitative estimate of drug-likeness (QED) is 0.505. The van der Waals surface area contributed by atoms with E-state index < -0.39 is 6.04 Å². The van der Waals surface area contributed by atoms with Crippen molar-refractivity contribution >= 4 is 11.9 Å². The van der Waals surface area contributed by atoms with Crippen molar-refractivity contribution in [1.29, 1.82) is 0 Å². The van der Waals surface area contributed by atoms with Gasteiger partial charge in [0.05, 0.1) is 7.11 Å². The highest BCUT2D eigenvalue weighted by molar-refractivity contribution is 5.85. The molecule has 0 radical (unpaired) electrons. The molecule has 4 heteroatoms. The summed E-state index contributed by atoms with van der Waals surface area (Å²) >= 11 is 0. The van der Waals surface area contributed by atoms with E-state index in [0.29, 0.717) is 18.4 Å². The van der Waals surface area contributed by atoms with Gasteiger partial charge in [0.15, 0.2) is 11.9 Å². The van der Waals surface area contributed by atoms with Crippen molar-refractivity contribution in [2.24, 2.45) is 10.9 Å². The van der Waals surface area contributed by atoms with Gasteiger partial charge in [0.2, 0.25) is 0 Å². The average Bonchev–Trinajstić information content (AvgIpc) is 2.95. The molecule has 0 N–H and O–H groups in total. The van der Waals surface area contributed by atoms with Gasteiger partial charge in [-0.15, -0.1) is 0 Å². The van der Waals surface area contributed by atoms with E-state index in [1.54, 1.807) is 0 Å². The smallest absolute Gasteiger partial charge is 0.334 e. The Morgan fingerprint density at radius 2 is 2.27 bits per heavy atom. The monoisotopic (exact) mass is 305 g/mol. The first-order chi connectivity index (χ1) is 10.6. The molecule has 0 aliphatic carbocycles. The van der Waals surface area contributed by atoms with E-state index in [-0.39, 0.29) is 5.97 Å². The second kappa shape index (κ2) is 9.98. The number of allylic oxidation sites excluding steroid dienone is 6. The third kappa shape index (κ3) is 6.74. The van der Waals surface area contributed by atoms with Crippen LogP contribution in [0.1, 0.15) is 40.0 Å². The van der Waals surface area contributed by atoms with E-state index in [1.807, 2.05) is 6.92 Å². The Morgan fingerprint density at radius 1 is 1.50 bits per heavy atom. The van der Waals surface area contributed by atoms with Gasteiger partial charge in [-0.2, -0.15) is 0 Å². The number of methoxy groups -OCH3 is 1. The first kappa shape index (κ1) is 18.2. The third-order valence-electron chi connectivity index (χ3n) is 3.36. The molecule has 4 nitrogen and oxygen atoms in total. The molecule has 0 aromatic carbocycles. The lowest BCUT2D eigenvalue weighted by atomic mass is 10.1. The fraction of sp³-hybridized carbons (Fsp3) is 0.556. The summed E-state index contributed by atoms with van der Waals surface area (Å²) in [4.78, 5) is 15.5. The van der Waals surface area contributed by atoms with Gasteiger partial charge in [0.25, 0.3) is 0 Å². The van der Waals surface area contributed by atoms with Crippen LogP contribution < -0.4 is 0 Å². The lowest BCUT2D eigenvalue weighted by Gasteiger charge is -2.01.